The standard InChI is InChI=1S/C13H20N4O2/c1-14-8-11-9-17(5-6-19-11)10-3-4-16-12(7-10)13(18)15-2/h3-4,7,11,14H,5-6,8-9H2,1-2H3,(H,15,18). The normalized spacial score (nSPS) is 19.3. The van der Waals surface area contributed by atoms with Crippen molar-refractivity contribution in [3.8, 4) is 0 Å². The fourth-order valence-corrected chi connectivity index (χ4v) is 2.17. The number of nitrogens with one attached hydrogen (secondary N) is 2. The number of anilines is 1. The molecule has 0 aliphatic carbocycles. The van der Waals surface area contributed by atoms with E-state index in [-0.39, 0.29) is 12.0 Å². The third-order valence-electron chi connectivity index (χ3n) is 3.14. The highest BCUT2D eigenvalue weighted by molar-refractivity contribution is 5.92. The monoisotopic (exact) mass is 264 g/mol. The predicted molar refractivity (Wildman–Crippen MR) is 73.5 cm³/mol. The van der Waals surface area contributed by atoms with E-state index in [0.29, 0.717) is 12.3 Å². The van der Waals surface area contributed by atoms with Gasteiger partial charge in [-0.05, 0) is 19.2 Å². The number of pyridine rings is 1. The maximum atomic E-state index is 11.6. The van der Waals surface area contributed by atoms with Gasteiger partial charge in [-0.25, -0.2) is 0 Å². The summed E-state index contributed by atoms with van der Waals surface area (Å²) in [5, 5.41) is 5.71. The van der Waals surface area contributed by atoms with E-state index >= 15 is 0 Å². The van der Waals surface area contributed by atoms with Crippen LogP contribution in [-0.4, -0.2) is 57.3 Å². The van der Waals surface area contributed by atoms with Crippen LogP contribution in [0.2, 0.25) is 0 Å². The van der Waals surface area contributed by atoms with Crippen molar-refractivity contribution in [2.75, 3.05) is 45.2 Å². The van der Waals surface area contributed by atoms with E-state index in [1.54, 1.807) is 13.2 Å². The van der Waals surface area contributed by atoms with Gasteiger partial charge in [0.15, 0.2) is 0 Å². The van der Waals surface area contributed by atoms with Gasteiger partial charge in [0.25, 0.3) is 5.91 Å². The van der Waals surface area contributed by atoms with Crippen LogP contribution in [0.1, 0.15) is 10.5 Å². The first-order valence-electron chi connectivity index (χ1n) is 6.44. The number of hydrogen-bond donors (Lipinski definition) is 2. The number of likely N-dealkylation sites (N-methyl/N-ethyl adjacent to an activating group) is 1. The number of morpholine rings is 1. The van der Waals surface area contributed by atoms with E-state index < -0.39 is 0 Å². The smallest absolute Gasteiger partial charge is 0.269 e. The summed E-state index contributed by atoms with van der Waals surface area (Å²) in [5.74, 6) is -0.165. The Kier molecular flexibility index (Phi) is 4.70. The maximum absolute atomic E-state index is 11.6. The van der Waals surface area contributed by atoms with Crippen LogP contribution >= 0.6 is 0 Å². The predicted octanol–water partition coefficient (Wildman–Crippen LogP) is -0.134. The molecule has 104 valence electrons. The lowest BCUT2D eigenvalue weighted by Crippen LogP contribution is -2.46. The van der Waals surface area contributed by atoms with Crippen molar-refractivity contribution < 1.29 is 9.53 Å². The SMILES string of the molecule is CNCC1CN(c2ccnc(C(=O)NC)c2)CCO1. The molecule has 1 fully saturated rings. The minimum atomic E-state index is -0.165. The number of ether oxygens (including phenoxy) is 1. The Balaban J connectivity index is 2.10. The summed E-state index contributed by atoms with van der Waals surface area (Å²) in [4.78, 5) is 17.9. The summed E-state index contributed by atoms with van der Waals surface area (Å²) < 4.78 is 5.67. The van der Waals surface area contributed by atoms with Crippen molar-refractivity contribution >= 4 is 11.6 Å². The maximum Gasteiger partial charge on any atom is 0.269 e. The van der Waals surface area contributed by atoms with Crippen molar-refractivity contribution in [1.82, 2.24) is 15.6 Å². The van der Waals surface area contributed by atoms with Crippen LogP contribution < -0.4 is 15.5 Å². The fraction of sp³-hybridized carbons (Fsp3) is 0.538. The van der Waals surface area contributed by atoms with E-state index in [1.165, 1.54) is 0 Å². The van der Waals surface area contributed by atoms with Crippen LogP contribution in [0.5, 0.6) is 0 Å². The Morgan fingerprint density at radius 1 is 1.58 bits per heavy atom. The molecular formula is C13H20N4O2. The van der Waals surface area contributed by atoms with E-state index in [2.05, 4.69) is 20.5 Å². The second-order valence-electron chi connectivity index (χ2n) is 4.47. The van der Waals surface area contributed by atoms with Gasteiger partial charge in [0.1, 0.15) is 5.69 Å². The zero-order valence-electron chi connectivity index (χ0n) is 11.3. The topological polar surface area (TPSA) is 66.5 Å². The first-order valence-corrected chi connectivity index (χ1v) is 6.44. The van der Waals surface area contributed by atoms with Gasteiger partial charge in [-0.15, -0.1) is 0 Å². The molecule has 2 rings (SSSR count). The number of carbonyl (C=O) groups excluding carboxylic acids is 1. The lowest BCUT2D eigenvalue weighted by atomic mass is 10.2. The highest BCUT2D eigenvalue weighted by atomic mass is 16.5. The van der Waals surface area contributed by atoms with Crippen molar-refractivity contribution in [2.24, 2.45) is 0 Å². The van der Waals surface area contributed by atoms with Gasteiger partial charge in [-0.2, -0.15) is 0 Å². The van der Waals surface area contributed by atoms with Crippen LogP contribution in [0.15, 0.2) is 18.3 Å². The third kappa shape index (κ3) is 3.42. The molecule has 1 unspecified atom stereocenters. The second-order valence-corrected chi connectivity index (χ2v) is 4.47. The average Bonchev–Trinajstić information content (AvgIpc) is 2.47. The molecule has 0 spiro atoms. The average molecular weight is 264 g/mol. The molecule has 0 aromatic carbocycles. The number of rotatable bonds is 4. The molecular weight excluding hydrogens is 244 g/mol. The largest absolute Gasteiger partial charge is 0.373 e. The van der Waals surface area contributed by atoms with Crippen LogP contribution in [0.4, 0.5) is 5.69 Å². The molecule has 1 aromatic heterocycles. The number of amides is 1. The summed E-state index contributed by atoms with van der Waals surface area (Å²) in [7, 11) is 3.52. The summed E-state index contributed by atoms with van der Waals surface area (Å²) in [6.45, 7) is 3.17. The number of nitrogens with zero attached hydrogens (tertiary/aromatic N) is 2. The Morgan fingerprint density at radius 3 is 3.16 bits per heavy atom. The Labute approximate surface area is 113 Å². The van der Waals surface area contributed by atoms with Crippen molar-refractivity contribution in [3.05, 3.63) is 24.0 Å². The van der Waals surface area contributed by atoms with Crippen molar-refractivity contribution in [3.63, 3.8) is 0 Å². The molecule has 1 atom stereocenters. The summed E-state index contributed by atoms with van der Waals surface area (Å²) in [6, 6.07) is 3.74. The van der Waals surface area contributed by atoms with Gasteiger partial charge in [-0.1, -0.05) is 0 Å². The van der Waals surface area contributed by atoms with Gasteiger partial charge in [0.05, 0.1) is 12.7 Å². The van der Waals surface area contributed by atoms with Crippen LogP contribution in [0.3, 0.4) is 0 Å². The summed E-state index contributed by atoms with van der Waals surface area (Å²) in [5.41, 5.74) is 1.45. The lowest BCUT2D eigenvalue weighted by molar-refractivity contribution is 0.0421. The van der Waals surface area contributed by atoms with E-state index in [4.69, 9.17) is 4.74 Å². The zero-order chi connectivity index (χ0) is 13.7. The van der Waals surface area contributed by atoms with Gasteiger partial charge in [0.2, 0.25) is 0 Å². The molecule has 1 aromatic rings. The quantitative estimate of drug-likeness (QED) is 0.793. The first-order chi connectivity index (χ1) is 9.24. The van der Waals surface area contributed by atoms with Crippen LogP contribution in [0.25, 0.3) is 0 Å². The number of hydrogen-bond acceptors (Lipinski definition) is 5. The number of aromatic nitrogens is 1. The van der Waals surface area contributed by atoms with Crippen LogP contribution in [-0.2, 0) is 4.74 Å². The van der Waals surface area contributed by atoms with Crippen molar-refractivity contribution in [1.29, 1.82) is 0 Å². The highest BCUT2D eigenvalue weighted by Crippen LogP contribution is 2.18. The molecule has 0 bridgehead atoms. The van der Waals surface area contributed by atoms with Crippen LogP contribution in [0, 0.1) is 0 Å². The van der Waals surface area contributed by atoms with E-state index in [9.17, 15) is 4.79 Å². The van der Waals surface area contributed by atoms with Gasteiger partial charge in [0, 0.05) is 38.6 Å². The van der Waals surface area contributed by atoms with Crippen molar-refractivity contribution in [2.45, 2.75) is 6.10 Å². The Bertz CT molecular complexity index is 436. The minimum Gasteiger partial charge on any atom is -0.373 e. The Morgan fingerprint density at radius 2 is 2.42 bits per heavy atom. The molecule has 2 N–H and O–H groups in total. The first kappa shape index (κ1) is 13.8. The fourth-order valence-electron chi connectivity index (χ4n) is 2.17. The molecule has 2 heterocycles. The van der Waals surface area contributed by atoms with Gasteiger partial charge < -0.3 is 20.3 Å². The van der Waals surface area contributed by atoms with E-state index in [0.717, 1.165) is 25.3 Å². The zero-order valence-corrected chi connectivity index (χ0v) is 11.3. The Hall–Kier alpha value is -1.66. The molecule has 0 radical (unpaired) electrons. The third-order valence-corrected chi connectivity index (χ3v) is 3.14. The molecule has 19 heavy (non-hydrogen) atoms. The summed E-state index contributed by atoms with van der Waals surface area (Å²) >= 11 is 0. The molecule has 6 heteroatoms. The second kappa shape index (κ2) is 6.49. The van der Waals surface area contributed by atoms with Gasteiger partial charge >= 0.3 is 0 Å². The van der Waals surface area contributed by atoms with Gasteiger partial charge in [-0.3, -0.25) is 9.78 Å². The lowest BCUT2D eigenvalue weighted by Gasteiger charge is -2.34. The highest BCUT2D eigenvalue weighted by Gasteiger charge is 2.20. The molecule has 1 aliphatic rings. The summed E-state index contributed by atoms with van der Waals surface area (Å²) in [6.07, 6.45) is 1.85. The molecule has 1 saturated heterocycles. The minimum absolute atomic E-state index is 0.165. The number of carbonyl (C=O) groups is 1. The molecule has 1 amide bonds. The molecule has 0 saturated carbocycles. The van der Waals surface area contributed by atoms with E-state index in [1.807, 2.05) is 19.2 Å². The molecule has 1 aliphatic heterocycles. The molecule has 6 nitrogen and oxygen atoms in total.